The lowest BCUT2D eigenvalue weighted by Crippen LogP contribution is -2.00. The number of benzene rings is 1. The first kappa shape index (κ1) is 7.43. The van der Waals surface area contributed by atoms with E-state index in [1.54, 1.807) is 12.1 Å². The summed E-state index contributed by atoms with van der Waals surface area (Å²) < 4.78 is 0. The highest BCUT2D eigenvalue weighted by Gasteiger charge is 2.24. The molecule has 3 heteroatoms. The SMILES string of the molecule is Nc1ccc(N)c2c1CCC2O. The average molecular weight is 164 g/mol. The Bertz CT molecular complexity index is 323. The van der Waals surface area contributed by atoms with Gasteiger partial charge in [-0.25, -0.2) is 0 Å². The number of aliphatic hydroxyl groups excluding tert-OH is 1. The molecule has 0 saturated heterocycles. The second kappa shape index (κ2) is 2.38. The third kappa shape index (κ3) is 0.865. The molecule has 1 aromatic carbocycles. The number of hydrogen-bond donors (Lipinski definition) is 3. The van der Waals surface area contributed by atoms with Gasteiger partial charge in [0, 0.05) is 16.9 Å². The van der Waals surface area contributed by atoms with Crippen molar-refractivity contribution in [3.63, 3.8) is 0 Å². The van der Waals surface area contributed by atoms with Crippen LogP contribution in [0.25, 0.3) is 0 Å². The van der Waals surface area contributed by atoms with Gasteiger partial charge >= 0.3 is 0 Å². The molecule has 0 radical (unpaired) electrons. The van der Waals surface area contributed by atoms with Gasteiger partial charge in [-0.15, -0.1) is 0 Å². The number of aliphatic hydroxyl groups is 1. The summed E-state index contributed by atoms with van der Waals surface area (Å²) in [6.07, 6.45) is 1.17. The standard InChI is InChI=1S/C9H12N2O/c10-6-2-3-7(11)9-5(6)1-4-8(9)12/h2-3,8,12H,1,4,10-11H2. The van der Waals surface area contributed by atoms with Crippen molar-refractivity contribution >= 4 is 11.4 Å². The van der Waals surface area contributed by atoms with Crippen molar-refractivity contribution < 1.29 is 5.11 Å². The van der Waals surface area contributed by atoms with Gasteiger partial charge in [0.2, 0.25) is 0 Å². The lowest BCUT2D eigenvalue weighted by atomic mass is 10.1. The summed E-state index contributed by atoms with van der Waals surface area (Å²) in [6, 6.07) is 3.55. The summed E-state index contributed by atoms with van der Waals surface area (Å²) in [4.78, 5) is 0. The maximum atomic E-state index is 9.55. The van der Waals surface area contributed by atoms with E-state index in [1.807, 2.05) is 0 Å². The molecule has 64 valence electrons. The fourth-order valence-electron chi connectivity index (χ4n) is 1.80. The van der Waals surface area contributed by atoms with E-state index >= 15 is 0 Å². The Hall–Kier alpha value is -1.22. The Kier molecular flexibility index (Phi) is 1.48. The van der Waals surface area contributed by atoms with E-state index in [0.717, 1.165) is 29.7 Å². The molecule has 0 fully saturated rings. The largest absolute Gasteiger partial charge is 0.398 e. The number of rotatable bonds is 0. The van der Waals surface area contributed by atoms with Crippen LogP contribution in [0.2, 0.25) is 0 Å². The molecule has 0 aromatic heterocycles. The molecule has 1 aliphatic carbocycles. The third-order valence-corrected chi connectivity index (χ3v) is 2.43. The molecule has 1 unspecified atom stereocenters. The molecule has 0 amide bonds. The molecule has 2 rings (SSSR count). The van der Waals surface area contributed by atoms with Crippen LogP contribution in [0.1, 0.15) is 23.7 Å². The van der Waals surface area contributed by atoms with Crippen molar-refractivity contribution in [2.24, 2.45) is 0 Å². The van der Waals surface area contributed by atoms with Crippen LogP contribution in [0.15, 0.2) is 12.1 Å². The number of nitrogen functional groups attached to an aromatic ring is 2. The van der Waals surface area contributed by atoms with Crippen molar-refractivity contribution in [3.8, 4) is 0 Å². The first-order valence-corrected chi connectivity index (χ1v) is 4.05. The fourth-order valence-corrected chi connectivity index (χ4v) is 1.80. The zero-order chi connectivity index (χ0) is 8.72. The molecule has 0 aliphatic heterocycles. The molecule has 1 aromatic rings. The first-order chi connectivity index (χ1) is 5.70. The highest BCUT2D eigenvalue weighted by molar-refractivity contribution is 5.64. The predicted molar refractivity (Wildman–Crippen MR) is 48.5 cm³/mol. The molecule has 0 heterocycles. The lowest BCUT2D eigenvalue weighted by molar-refractivity contribution is 0.180. The quantitative estimate of drug-likeness (QED) is 0.497. The number of fused-ring (bicyclic) bond motifs is 1. The van der Waals surface area contributed by atoms with E-state index < -0.39 is 6.10 Å². The van der Waals surface area contributed by atoms with E-state index in [2.05, 4.69) is 0 Å². The minimum Gasteiger partial charge on any atom is -0.398 e. The van der Waals surface area contributed by atoms with Crippen molar-refractivity contribution in [2.45, 2.75) is 18.9 Å². The molecular formula is C9H12N2O. The van der Waals surface area contributed by atoms with Crippen LogP contribution in [0.4, 0.5) is 11.4 Å². The summed E-state index contributed by atoms with van der Waals surface area (Å²) in [7, 11) is 0. The van der Waals surface area contributed by atoms with Crippen LogP contribution >= 0.6 is 0 Å². The summed E-state index contributed by atoms with van der Waals surface area (Å²) >= 11 is 0. The Morgan fingerprint density at radius 3 is 2.58 bits per heavy atom. The monoisotopic (exact) mass is 164 g/mol. The highest BCUT2D eigenvalue weighted by atomic mass is 16.3. The summed E-state index contributed by atoms with van der Waals surface area (Å²) in [5.74, 6) is 0. The van der Waals surface area contributed by atoms with E-state index in [0.29, 0.717) is 5.69 Å². The van der Waals surface area contributed by atoms with Gasteiger partial charge in [-0.2, -0.15) is 0 Å². The van der Waals surface area contributed by atoms with Crippen molar-refractivity contribution in [3.05, 3.63) is 23.3 Å². The zero-order valence-electron chi connectivity index (χ0n) is 6.75. The topological polar surface area (TPSA) is 72.3 Å². The Morgan fingerprint density at radius 1 is 1.25 bits per heavy atom. The molecular weight excluding hydrogens is 152 g/mol. The minimum atomic E-state index is -0.413. The molecule has 0 spiro atoms. The number of nitrogens with two attached hydrogens (primary N) is 2. The Labute approximate surface area is 71.0 Å². The van der Waals surface area contributed by atoms with Gasteiger partial charge in [-0.05, 0) is 30.5 Å². The predicted octanol–water partition coefficient (Wildman–Crippen LogP) is 0.831. The van der Waals surface area contributed by atoms with Crippen molar-refractivity contribution in [1.29, 1.82) is 0 Å². The zero-order valence-corrected chi connectivity index (χ0v) is 6.75. The van der Waals surface area contributed by atoms with E-state index in [1.165, 1.54) is 0 Å². The van der Waals surface area contributed by atoms with Gasteiger partial charge in [0.1, 0.15) is 0 Å². The van der Waals surface area contributed by atoms with Crippen molar-refractivity contribution in [1.82, 2.24) is 0 Å². The van der Waals surface area contributed by atoms with Gasteiger partial charge < -0.3 is 16.6 Å². The normalized spacial score (nSPS) is 20.9. The van der Waals surface area contributed by atoms with Crippen LogP contribution in [0, 0.1) is 0 Å². The maximum absolute atomic E-state index is 9.55. The summed E-state index contributed by atoms with van der Waals surface area (Å²) in [5.41, 5.74) is 14.7. The first-order valence-electron chi connectivity index (χ1n) is 4.05. The smallest absolute Gasteiger partial charge is 0.0816 e. The van der Waals surface area contributed by atoms with Gasteiger partial charge in [0.25, 0.3) is 0 Å². The Balaban J connectivity index is 2.64. The fraction of sp³-hybridized carbons (Fsp3) is 0.333. The lowest BCUT2D eigenvalue weighted by Gasteiger charge is -2.08. The number of hydrogen-bond acceptors (Lipinski definition) is 3. The molecule has 0 saturated carbocycles. The second-order valence-electron chi connectivity index (χ2n) is 3.19. The third-order valence-electron chi connectivity index (χ3n) is 2.43. The van der Waals surface area contributed by atoms with Crippen LogP contribution in [-0.4, -0.2) is 5.11 Å². The van der Waals surface area contributed by atoms with Gasteiger partial charge in [0.05, 0.1) is 6.10 Å². The molecule has 3 nitrogen and oxygen atoms in total. The van der Waals surface area contributed by atoms with Crippen LogP contribution < -0.4 is 11.5 Å². The van der Waals surface area contributed by atoms with Gasteiger partial charge in [-0.1, -0.05) is 0 Å². The molecule has 12 heavy (non-hydrogen) atoms. The maximum Gasteiger partial charge on any atom is 0.0816 e. The molecule has 0 bridgehead atoms. The average Bonchev–Trinajstić information content (AvgIpc) is 2.42. The van der Waals surface area contributed by atoms with Crippen LogP contribution in [-0.2, 0) is 6.42 Å². The van der Waals surface area contributed by atoms with Crippen LogP contribution in [0.5, 0.6) is 0 Å². The Morgan fingerprint density at radius 2 is 1.92 bits per heavy atom. The second-order valence-corrected chi connectivity index (χ2v) is 3.19. The highest BCUT2D eigenvalue weighted by Crippen LogP contribution is 2.38. The van der Waals surface area contributed by atoms with E-state index in [4.69, 9.17) is 11.5 Å². The summed E-state index contributed by atoms with van der Waals surface area (Å²) in [5, 5.41) is 9.55. The molecule has 5 N–H and O–H groups in total. The number of anilines is 2. The molecule has 1 atom stereocenters. The summed E-state index contributed by atoms with van der Waals surface area (Å²) in [6.45, 7) is 0. The van der Waals surface area contributed by atoms with Gasteiger partial charge in [-0.3, -0.25) is 0 Å². The molecule has 1 aliphatic rings. The van der Waals surface area contributed by atoms with Crippen LogP contribution in [0.3, 0.4) is 0 Å². The minimum absolute atomic E-state index is 0.413. The van der Waals surface area contributed by atoms with E-state index in [9.17, 15) is 5.11 Å². The van der Waals surface area contributed by atoms with Gasteiger partial charge in [0.15, 0.2) is 0 Å². The van der Waals surface area contributed by atoms with E-state index in [-0.39, 0.29) is 0 Å². The van der Waals surface area contributed by atoms with Crippen molar-refractivity contribution in [2.75, 3.05) is 11.5 Å².